The molecule has 1 aliphatic heterocycles. The number of Topliss-reactive ketones (excluding diaryl/α,β-unsaturated/α-hetero) is 1. The van der Waals surface area contributed by atoms with E-state index >= 15 is 0 Å². The minimum Gasteiger partial charge on any atom is -0.392 e. The van der Waals surface area contributed by atoms with E-state index in [9.17, 15) is 15.0 Å². The van der Waals surface area contributed by atoms with Crippen LogP contribution < -0.4 is 5.32 Å². The topological polar surface area (TPSA) is 122 Å². The third-order valence-corrected chi connectivity index (χ3v) is 5.58. The maximum absolute atomic E-state index is 11.6. The molecule has 0 aromatic carbocycles. The molecule has 1 aliphatic carbocycles. The van der Waals surface area contributed by atoms with Gasteiger partial charge in [0.05, 0.1) is 36.2 Å². The molecule has 0 unspecified atom stereocenters. The number of hydrogen-bond donors (Lipinski definition) is 3. The van der Waals surface area contributed by atoms with Crippen LogP contribution in [0.4, 0.5) is 5.69 Å². The predicted molar refractivity (Wildman–Crippen MR) is 103 cm³/mol. The Morgan fingerprint density at radius 2 is 2.04 bits per heavy atom. The second-order valence-electron chi connectivity index (χ2n) is 7.51. The quantitative estimate of drug-likeness (QED) is 0.681. The van der Waals surface area contributed by atoms with Gasteiger partial charge in [0, 0.05) is 43.6 Å². The van der Waals surface area contributed by atoms with E-state index in [4.69, 9.17) is 4.84 Å². The van der Waals surface area contributed by atoms with E-state index in [2.05, 4.69) is 20.6 Å². The van der Waals surface area contributed by atoms with Crippen molar-refractivity contribution in [2.75, 3.05) is 18.5 Å². The van der Waals surface area contributed by atoms with Gasteiger partial charge in [-0.05, 0) is 19.8 Å². The summed E-state index contributed by atoms with van der Waals surface area (Å²) in [7, 11) is 0. The minimum absolute atomic E-state index is 0.176. The number of aliphatic hydroxyl groups excluding tert-OH is 2. The van der Waals surface area contributed by atoms with Crippen molar-refractivity contribution in [3.05, 3.63) is 18.0 Å². The summed E-state index contributed by atoms with van der Waals surface area (Å²) in [6.45, 7) is 2.06. The van der Waals surface area contributed by atoms with Crippen LogP contribution in [0.25, 0.3) is 11.0 Å². The summed E-state index contributed by atoms with van der Waals surface area (Å²) in [5.41, 5.74) is 1.92. The standard InChI is InChI=1S/C19H25N5O4/c1-2-24-18-15(9-21-24)17(22-12-3-5-13(27)6-4-12)14(8-20-18)16-7-19(10-25,11-26)28-23-16/h8-9,12,25-26H,2-7,10-11H2,1H3,(H,20,22). The van der Waals surface area contributed by atoms with Gasteiger partial charge < -0.3 is 20.4 Å². The van der Waals surface area contributed by atoms with Crippen molar-refractivity contribution in [2.24, 2.45) is 5.16 Å². The van der Waals surface area contributed by atoms with Crippen molar-refractivity contribution in [3.8, 4) is 0 Å². The van der Waals surface area contributed by atoms with Crippen LogP contribution in [0.1, 0.15) is 44.6 Å². The Morgan fingerprint density at radius 1 is 1.29 bits per heavy atom. The molecule has 1 fully saturated rings. The lowest BCUT2D eigenvalue weighted by molar-refractivity contribution is -0.120. The third-order valence-electron chi connectivity index (χ3n) is 5.58. The number of oxime groups is 1. The summed E-state index contributed by atoms with van der Waals surface area (Å²) in [6, 6.07) is 0.176. The smallest absolute Gasteiger partial charge is 0.188 e. The molecule has 2 aliphatic rings. The van der Waals surface area contributed by atoms with Crippen LogP contribution in [-0.2, 0) is 16.2 Å². The van der Waals surface area contributed by atoms with Gasteiger partial charge in [0.2, 0.25) is 0 Å². The van der Waals surface area contributed by atoms with E-state index in [0.717, 1.165) is 35.1 Å². The molecule has 4 rings (SSSR count). The zero-order valence-electron chi connectivity index (χ0n) is 15.9. The van der Waals surface area contributed by atoms with E-state index in [1.54, 1.807) is 12.4 Å². The number of ketones is 1. The number of carbonyl (C=O) groups is 1. The summed E-state index contributed by atoms with van der Waals surface area (Å²) in [5, 5.41) is 32.2. The van der Waals surface area contributed by atoms with E-state index in [1.165, 1.54) is 0 Å². The predicted octanol–water partition coefficient (Wildman–Crippen LogP) is 1.22. The van der Waals surface area contributed by atoms with E-state index in [1.807, 2.05) is 11.6 Å². The molecule has 9 heteroatoms. The molecule has 3 N–H and O–H groups in total. The lowest BCUT2D eigenvalue weighted by Gasteiger charge is -2.25. The molecule has 0 atom stereocenters. The molecule has 9 nitrogen and oxygen atoms in total. The molecule has 1 saturated carbocycles. The van der Waals surface area contributed by atoms with Gasteiger partial charge in [-0.1, -0.05) is 5.16 Å². The Kier molecular flexibility index (Phi) is 5.03. The van der Waals surface area contributed by atoms with Crippen LogP contribution in [0.3, 0.4) is 0 Å². The van der Waals surface area contributed by atoms with Crippen molar-refractivity contribution in [1.29, 1.82) is 0 Å². The number of fused-ring (bicyclic) bond motifs is 1. The molecule has 0 saturated heterocycles. The number of carbonyl (C=O) groups excluding carboxylic acids is 1. The number of aromatic nitrogens is 3. The van der Waals surface area contributed by atoms with Gasteiger partial charge >= 0.3 is 0 Å². The van der Waals surface area contributed by atoms with Gasteiger partial charge in [0.1, 0.15) is 5.78 Å². The molecule has 150 valence electrons. The highest BCUT2D eigenvalue weighted by atomic mass is 16.7. The largest absolute Gasteiger partial charge is 0.392 e. The monoisotopic (exact) mass is 387 g/mol. The highest BCUT2D eigenvalue weighted by molar-refractivity contribution is 6.10. The van der Waals surface area contributed by atoms with Gasteiger partial charge in [0.25, 0.3) is 0 Å². The maximum atomic E-state index is 11.6. The fourth-order valence-corrected chi connectivity index (χ4v) is 3.81. The van der Waals surface area contributed by atoms with Crippen LogP contribution in [0, 0.1) is 0 Å². The number of nitrogens with zero attached hydrogens (tertiary/aromatic N) is 4. The second-order valence-corrected chi connectivity index (χ2v) is 7.51. The van der Waals surface area contributed by atoms with E-state index in [-0.39, 0.29) is 25.7 Å². The maximum Gasteiger partial charge on any atom is 0.188 e. The number of nitrogens with one attached hydrogen (secondary N) is 1. The molecule has 0 bridgehead atoms. The van der Waals surface area contributed by atoms with Crippen LogP contribution >= 0.6 is 0 Å². The summed E-state index contributed by atoms with van der Waals surface area (Å²) in [4.78, 5) is 21.5. The summed E-state index contributed by atoms with van der Waals surface area (Å²) >= 11 is 0. The highest BCUT2D eigenvalue weighted by Crippen LogP contribution is 2.34. The summed E-state index contributed by atoms with van der Waals surface area (Å²) in [6.07, 6.45) is 6.53. The van der Waals surface area contributed by atoms with Crippen molar-refractivity contribution in [2.45, 2.75) is 57.2 Å². The van der Waals surface area contributed by atoms with Crippen LogP contribution in [0.2, 0.25) is 0 Å². The first kappa shape index (κ1) is 18.8. The first-order valence-electron chi connectivity index (χ1n) is 9.69. The number of pyridine rings is 1. The number of aliphatic hydroxyl groups is 2. The lowest BCUT2D eigenvalue weighted by atomic mass is 9.92. The zero-order valence-corrected chi connectivity index (χ0v) is 15.9. The first-order chi connectivity index (χ1) is 13.6. The Hall–Kier alpha value is -2.52. The Bertz CT molecular complexity index is 908. The van der Waals surface area contributed by atoms with Gasteiger partial charge in [-0.2, -0.15) is 5.10 Å². The van der Waals surface area contributed by atoms with Crippen molar-refractivity contribution in [3.63, 3.8) is 0 Å². The molecular formula is C19H25N5O4. The molecule has 0 spiro atoms. The molecular weight excluding hydrogens is 362 g/mol. The van der Waals surface area contributed by atoms with Crippen molar-refractivity contribution < 1.29 is 19.8 Å². The zero-order chi connectivity index (χ0) is 19.7. The lowest BCUT2D eigenvalue weighted by Crippen LogP contribution is -2.38. The molecule has 28 heavy (non-hydrogen) atoms. The fourth-order valence-electron chi connectivity index (χ4n) is 3.81. The number of rotatable bonds is 6. The average molecular weight is 387 g/mol. The van der Waals surface area contributed by atoms with E-state index < -0.39 is 5.60 Å². The normalized spacial score (nSPS) is 19.7. The average Bonchev–Trinajstić information content (AvgIpc) is 3.34. The Morgan fingerprint density at radius 3 is 2.68 bits per heavy atom. The van der Waals surface area contributed by atoms with Gasteiger partial charge in [-0.15, -0.1) is 0 Å². The van der Waals surface area contributed by atoms with Crippen molar-refractivity contribution >= 4 is 28.2 Å². The molecule has 2 aromatic heterocycles. The first-order valence-corrected chi connectivity index (χ1v) is 9.69. The Balaban J connectivity index is 1.72. The number of hydrogen-bond acceptors (Lipinski definition) is 8. The molecule has 0 amide bonds. The third kappa shape index (κ3) is 3.24. The number of aryl methyl sites for hydroxylation is 1. The fraction of sp³-hybridized carbons (Fsp3) is 0.579. The Labute approximate surface area is 162 Å². The van der Waals surface area contributed by atoms with Crippen LogP contribution in [0.15, 0.2) is 17.5 Å². The van der Waals surface area contributed by atoms with Gasteiger partial charge in [-0.25, -0.2) is 9.67 Å². The summed E-state index contributed by atoms with van der Waals surface area (Å²) < 4.78 is 1.83. The molecule has 2 aromatic rings. The second kappa shape index (κ2) is 7.48. The summed E-state index contributed by atoms with van der Waals surface area (Å²) in [5.74, 6) is 0.307. The number of anilines is 1. The minimum atomic E-state index is -1.10. The molecule has 0 radical (unpaired) electrons. The van der Waals surface area contributed by atoms with Crippen molar-refractivity contribution in [1.82, 2.24) is 14.8 Å². The van der Waals surface area contributed by atoms with E-state index in [0.29, 0.717) is 30.9 Å². The SMILES string of the molecule is CCn1ncc2c(NC3CCC(=O)CC3)c(C3=NOC(CO)(CO)C3)cnc21. The van der Waals surface area contributed by atoms with Gasteiger partial charge in [-0.3, -0.25) is 4.79 Å². The van der Waals surface area contributed by atoms with Crippen LogP contribution in [0.5, 0.6) is 0 Å². The highest BCUT2D eigenvalue weighted by Gasteiger charge is 2.39. The van der Waals surface area contributed by atoms with Gasteiger partial charge in [0.15, 0.2) is 11.2 Å². The molecule has 3 heterocycles. The van der Waals surface area contributed by atoms with Crippen LogP contribution in [-0.4, -0.2) is 61.3 Å².